The fourth-order valence-electron chi connectivity index (χ4n) is 3.78. The van der Waals surface area contributed by atoms with Crippen molar-refractivity contribution in [1.82, 2.24) is 20.1 Å². The van der Waals surface area contributed by atoms with Gasteiger partial charge in [0.15, 0.2) is 0 Å². The number of hydrogen-bond donors (Lipinski definition) is 2. The standard InChI is InChI=1S/C20H25N5O2/c1-24-13-16(11-22-24)25-7-3-4-15(12-25)23-20(26)8-14-10-21-19-6-5-17(27-2)9-18(14)19/h5-6,9-11,13,15,21H,3-4,7-8,12H2,1-2H3,(H,23,26). The molecule has 7 heteroatoms. The number of ether oxygens (including phenoxy) is 1. The van der Waals surface area contributed by atoms with Crippen molar-refractivity contribution in [3.8, 4) is 5.75 Å². The van der Waals surface area contributed by atoms with E-state index in [1.54, 1.807) is 7.11 Å². The number of rotatable bonds is 5. The molecule has 1 unspecified atom stereocenters. The van der Waals surface area contributed by atoms with E-state index in [4.69, 9.17) is 4.74 Å². The average molecular weight is 367 g/mol. The van der Waals surface area contributed by atoms with Crippen LogP contribution < -0.4 is 15.0 Å². The Bertz CT molecular complexity index is 945. The maximum Gasteiger partial charge on any atom is 0.224 e. The number of piperidine rings is 1. The molecule has 0 aliphatic carbocycles. The van der Waals surface area contributed by atoms with E-state index in [-0.39, 0.29) is 11.9 Å². The second-order valence-corrected chi connectivity index (χ2v) is 7.13. The third-order valence-corrected chi connectivity index (χ3v) is 5.17. The highest BCUT2D eigenvalue weighted by molar-refractivity contribution is 5.89. The summed E-state index contributed by atoms with van der Waals surface area (Å²) in [6.45, 7) is 1.82. The van der Waals surface area contributed by atoms with Crippen LogP contribution in [0.2, 0.25) is 0 Å². The molecule has 0 radical (unpaired) electrons. The summed E-state index contributed by atoms with van der Waals surface area (Å²) in [5.41, 5.74) is 3.11. The molecular formula is C20H25N5O2. The van der Waals surface area contributed by atoms with Crippen molar-refractivity contribution >= 4 is 22.5 Å². The summed E-state index contributed by atoms with van der Waals surface area (Å²) in [4.78, 5) is 18.1. The molecule has 1 saturated heterocycles. The number of anilines is 1. The van der Waals surface area contributed by atoms with Crippen molar-refractivity contribution in [2.75, 3.05) is 25.1 Å². The summed E-state index contributed by atoms with van der Waals surface area (Å²) in [7, 11) is 3.57. The van der Waals surface area contributed by atoms with Crippen molar-refractivity contribution in [3.63, 3.8) is 0 Å². The number of methoxy groups -OCH3 is 1. The van der Waals surface area contributed by atoms with Gasteiger partial charge in [0.05, 0.1) is 25.4 Å². The number of aromatic amines is 1. The van der Waals surface area contributed by atoms with Crippen LogP contribution in [0, 0.1) is 0 Å². The Balaban J connectivity index is 1.40. The number of fused-ring (bicyclic) bond motifs is 1. The Kier molecular flexibility index (Phi) is 4.75. The zero-order valence-electron chi connectivity index (χ0n) is 15.7. The second-order valence-electron chi connectivity index (χ2n) is 7.13. The minimum Gasteiger partial charge on any atom is -0.497 e. The van der Waals surface area contributed by atoms with Crippen LogP contribution in [0.1, 0.15) is 18.4 Å². The van der Waals surface area contributed by atoms with Crippen molar-refractivity contribution in [1.29, 1.82) is 0 Å². The Morgan fingerprint density at radius 2 is 2.33 bits per heavy atom. The van der Waals surface area contributed by atoms with Gasteiger partial charge in [-0.3, -0.25) is 9.48 Å². The number of hydrogen-bond acceptors (Lipinski definition) is 4. The normalized spacial score (nSPS) is 17.3. The van der Waals surface area contributed by atoms with Crippen LogP contribution >= 0.6 is 0 Å². The van der Waals surface area contributed by atoms with Crippen LogP contribution in [0.4, 0.5) is 5.69 Å². The van der Waals surface area contributed by atoms with Gasteiger partial charge in [-0.2, -0.15) is 5.10 Å². The lowest BCUT2D eigenvalue weighted by Gasteiger charge is -2.33. The summed E-state index contributed by atoms with van der Waals surface area (Å²) in [5, 5.41) is 8.48. The number of benzene rings is 1. The first-order chi connectivity index (χ1) is 13.1. The molecule has 1 atom stereocenters. The molecule has 1 aromatic carbocycles. The second kappa shape index (κ2) is 7.34. The van der Waals surface area contributed by atoms with E-state index in [0.29, 0.717) is 6.42 Å². The number of amides is 1. The predicted octanol–water partition coefficient (Wildman–Crippen LogP) is 2.24. The lowest BCUT2D eigenvalue weighted by Crippen LogP contribution is -2.48. The van der Waals surface area contributed by atoms with Crippen LogP contribution in [0.15, 0.2) is 36.8 Å². The van der Waals surface area contributed by atoms with Crippen molar-refractivity contribution in [2.45, 2.75) is 25.3 Å². The van der Waals surface area contributed by atoms with E-state index in [1.165, 1.54) is 0 Å². The van der Waals surface area contributed by atoms with Gasteiger partial charge in [0.1, 0.15) is 5.75 Å². The van der Waals surface area contributed by atoms with E-state index in [1.807, 2.05) is 48.5 Å². The molecular weight excluding hydrogens is 342 g/mol. The van der Waals surface area contributed by atoms with Gasteiger partial charge >= 0.3 is 0 Å². The van der Waals surface area contributed by atoms with Crippen molar-refractivity contribution in [2.24, 2.45) is 7.05 Å². The summed E-state index contributed by atoms with van der Waals surface area (Å²) in [5.74, 6) is 0.847. The van der Waals surface area contributed by atoms with Gasteiger partial charge in [-0.25, -0.2) is 0 Å². The summed E-state index contributed by atoms with van der Waals surface area (Å²) < 4.78 is 7.11. The summed E-state index contributed by atoms with van der Waals surface area (Å²) in [6, 6.07) is 6.02. The Labute approximate surface area is 158 Å². The lowest BCUT2D eigenvalue weighted by atomic mass is 10.0. The molecule has 1 aliphatic heterocycles. The molecule has 3 heterocycles. The Morgan fingerprint density at radius 3 is 3.11 bits per heavy atom. The molecule has 2 N–H and O–H groups in total. The highest BCUT2D eigenvalue weighted by Crippen LogP contribution is 2.24. The molecule has 3 aromatic rings. The van der Waals surface area contributed by atoms with Gasteiger partial charge in [-0.05, 0) is 36.6 Å². The van der Waals surface area contributed by atoms with E-state index in [9.17, 15) is 4.79 Å². The van der Waals surface area contributed by atoms with Gasteiger partial charge in [0.25, 0.3) is 0 Å². The smallest absolute Gasteiger partial charge is 0.224 e. The number of H-pyrrole nitrogens is 1. The Morgan fingerprint density at radius 1 is 1.44 bits per heavy atom. The van der Waals surface area contributed by atoms with E-state index >= 15 is 0 Å². The summed E-state index contributed by atoms with van der Waals surface area (Å²) >= 11 is 0. The quantitative estimate of drug-likeness (QED) is 0.725. The molecule has 7 nitrogen and oxygen atoms in total. The monoisotopic (exact) mass is 367 g/mol. The minimum absolute atomic E-state index is 0.0526. The molecule has 1 fully saturated rings. The SMILES string of the molecule is COc1ccc2[nH]cc(CC(=O)NC3CCCN(c4cnn(C)c4)C3)c2c1. The highest BCUT2D eigenvalue weighted by Gasteiger charge is 2.22. The van der Waals surface area contributed by atoms with Crippen molar-refractivity contribution < 1.29 is 9.53 Å². The maximum atomic E-state index is 12.6. The zero-order chi connectivity index (χ0) is 18.8. The highest BCUT2D eigenvalue weighted by atomic mass is 16.5. The number of nitrogens with one attached hydrogen (secondary N) is 2. The largest absolute Gasteiger partial charge is 0.497 e. The first-order valence-electron chi connectivity index (χ1n) is 9.29. The molecule has 1 amide bonds. The number of nitrogens with zero attached hydrogens (tertiary/aromatic N) is 3. The van der Waals surface area contributed by atoms with E-state index in [2.05, 4.69) is 20.3 Å². The number of carbonyl (C=O) groups is 1. The molecule has 0 bridgehead atoms. The fourth-order valence-corrected chi connectivity index (χ4v) is 3.78. The molecule has 0 spiro atoms. The van der Waals surface area contributed by atoms with Crippen LogP contribution in [-0.4, -0.2) is 46.9 Å². The number of carbonyl (C=O) groups excluding carboxylic acids is 1. The van der Waals surface area contributed by atoms with E-state index in [0.717, 1.165) is 53.8 Å². The molecule has 4 rings (SSSR count). The van der Waals surface area contributed by atoms with Crippen LogP contribution in [-0.2, 0) is 18.3 Å². The first-order valence-corrected chi connectivity index (χ1v) is 9.29. The van der Waals surface area contributed by atoms with Crippen LogP contribution in [0.5, 0.6) is 5.75 Å². The van der Waals surface area contributed by atoms with Gasteiger partial charge < -0.3 is 19.9 Å². The third kappa shape index (κ3) is 3.77. The van der Waals surface area contributed by atoms with Crippen LogP contribution in [0.3, 0.4) is 0 Å². The summed E-state index contributed by atoms with van der Waals surface area (Å²) in [6.07, 6.45) is 8.23. The maximum absolute atomic E-state index is 12.6. The Hall–Kier alpha value is -2.96. The fraction of sp³-hybridized carbons (Fsp3) is 0.400. The number of aromatic nitrogens is 3. The predicted molar refractivity (Wildman–Crippen MR) is 105 cm³/mol. The molecule has 1 aliphatic rings. The average Bonchev–Trinajstić information content (AvgIpc) is 3.28. The number of aryl methyl sites for hydroxylation is 1. The molecule has 0 saturated carbocycles. The molecule has 142 valence electrons. The van der Waals surface area contributed by atoms with Gasteiger partial charge in [0.2, 0.25) is 5.91 Å². The van der Waals surface area contributed by atoms with E-state index < -0.39 is 0 Å². The van der Waals surface area contributed by atoms with Gasteiger partial charge in [-0.15, -0.1) is 0 Å². The first kappa shape index (κ1) is 17.5. The molecule has 27 heavy (non-hydrogen) atoms. The van der Waals surface area contributed by atoms with Gasteiger partial charge in [0, 0.05) is 49.5 Å². The third-order valence-electron chi connectivity index (χ3n) is 5.17. The zero-order valence-corrected chi connectivity index (χ0v) is 15.7. The van der Waals surface area contributed by atoms with Gasteiger partial charge in [-0.1, -0.05) is 0 Å². The minimum atomic E-state index is 0.0526. The lowest BCUT2D eigenvalue weighted by molar-refractivity contribution is -0.121. The molecule has 2 aromatic heterocycles. The van der Waals surface area contributed by atoms with Crippen LogP contribution in [0.25, 0.3) is 10.9 Å². The van der Waals surface area contributed by atoms with Crippen molar-refractivity contribution in [3.05, 3.63) is 42.4 Å². The topological polar surface area (TPSA) is 75.2 Å².